The molecular weight excluding hydrogens is 220 g/mol. The summed E-state index contributed by atoms with van der Waals surface area (Å²) in [6, 6.07) is 6.49. The van der Waals surface area contributed by atoms with Crippen molar-refractivity contribution < 1.29 is 19.4 Å². The van der Waals surface area contributed by atoms with Gasteiger partial charge in [-0.3, -0.25) is 4.79 Å². The first-order valence-corrected chi connectivity index (χ1v) is 5.72. The Kier molecular flexibility index (Phi) is 5.33. The molecule has 0 aliphatic carbocycles. The number of aromatic hydroxyl groups is 1. The predicted molar refractivity (Wildman–Crippen MR) is 64.0 cm³/mol. The molecule has 1 rings (SSSR count). The van der Waals surface area contributed by atoms with Crippen LogP contribution in [0.25, 0.3) is 0 Å². The van der Waals surface area contributed by atoms with E-state index in [0.29, 0.717) is 25.4 Å². The van der Waals surface area contributed by atoms with Gasteiger partial charge in [0.25, 0.3) is 0 Å². The van der Waals surface area contributed by atoms with Gasteiger partial charge in [0.1, 0.15) is 11.5 Å². The van der Waals surface area contributed by atoms with Gasteiger partial charge in [-0.2, -0.15) is 0 Å². The van der Waals surface area contributed by atoms with Gasteiger partial charge in [-0.05, 0) is 37.6 Å². The molecule has 1 aromatic carbocycles. The summed E-state index contributed by atoms with van der Waals surface area (Å²) < 4.78 is 10.3. The van der Waals surface area contributed by atoms with Crippen molar-refractivity contribution in [2.24, 2.45) is 5.92 Å². The molecule has 0 saturated heterocycles. The monoisotopic (exact) mass is 238 g/mol. The Morgan fingerprint density at radius 2 is 2.00 bits per heavy atom. The summed E-state index contributed by atoms with van der Waals surface area (Å²) in [7, 11) is 0. The average molecular weight is 238 g/mol. The Labute approximate surface area is 101 Å². The number of carbonyl (C=O) groups excluding carboxylic acids is 1. The van der Waals surface area contributed by atoms with E-state index in [1.165, 1.54) is 0 Å². The second-order valence-electron chi connectivity index (χ2n) is 3.78. The van der Waals surface area contributed by atoms with Crippen LogP contribution < -0.4 is 4.74 Å². The van der Waals surface area contributed by atoms with E-state index in [-0.39, 0.29) is 17.6 Å². The summed E-state index contributed by atoms with van der Waals surface area (Å²) in [5.41, 5.74) is 0. The number of ether oxygens (including phenoxy) is 2. The minimum Gasteiger partial charge on any atom is -0.508 e. The number of carbonyl (C=O) groups is 1. The van der Waals surface area contributed by atoms with Crippen LogP contribution >= 0.6 is 0 Å². The van der Waals surface area contributed by atoms with Crippen molar-refractivity contribution >= 4 is 5.97 Å². The number of benzene rings is 1. The number of rotatable bonds is 6. The highest BCUT2D eigenvalue weighted by Gasteiger charge is 2.13. The zero-order valence-corrected chi connectivity index (χ0v) is 10.2. The van der Waals surface area contributed by atoms with Gasteiger partial charge < -0.3 is 14.6 Å². The second kappa shape index (κ2) is 6.78. The maximum Gasteiger partial charge on any atom is 0.308 e. The lowest BCUT2D eigenvalue weighted by molar-refractivity contribution is -0.147. The largest absolute Gasteiger partial charge is 0.508 e. The minimum atomic E-state index is -0.193. The van der Waals surface area contributed by atoms with Crippen LogP contribution in [0.3, 0.4) is 0 Å². The molecule has 0 bridgehead atoms. The third kappa shape index (κ3) is 4.76. The van der Waals surface area contributed by atoms with Gasteiger partial charge in [-0.25, -0.2) is 0 Å². The lowest BCUT2D eigenvalue weighted by Gasteiger charge is -2.11. The summed E-state index contributed by atoms with van der Waals surface area (Å²) in [4.78, 5) is 11.3. The van der Waals surface area contributed by atoms with Crippen molar-refractivity contribution in [3.63, 3.8) is 0 Å². The van der Waals surface area contributed by atoms with E-state index in [1.807, 2.05) is 6.92 Å². The molecule has 0 radical (unpaired) electrons. The van der Waals surface area contributed by atoms with E-state index in [0.717, 1.165) is 0 Å². The van der Waals surface area contributed by atoms with E-state index in [9.17, 15) is 4.79 Å². The highest BCUT2D eigenvalue weighted by Crippen LogP contribution is 2.16. The standard InChI is InChI=1S/C13H18O4/c1-3-16-13(15)10(2)8-9-17-12-6-4-11(14)5-7-12/h4-7,10,14H,3,8-9H2,1-2H3. The Balaban J connectivity index is 2.27. The van der Waals surface area contributed by atoms with Crippen LogP contribution in [0, 0.1) is 5.92 Å². The van der Waals surface area contributed by atoms with E-state index >= 15 is 0 Å². The molecule has 0 aliphatic heterocycles. The van der Waals surface area contributed by atoms with Crippen molar-refractivity contribution in [3.05, 3.63) is 24.3 Å². The van der Waals surface area contributed by atoms with Crippen LogP contribution in [0.1, 0.15) is 20.3 Å². The molecule has 0 saturated carbocycles. The van der Waals surface area contributed by atoms with Crippen molar-refractivity contribution in [3.8, 4) is 11.5 Å². The van der Waals surface area contributed by atoms with Crippen molar-refractivity contribution in [2.45, 2.75) is 20.3 Å². The van der Waals surface area contributed by atoms with Gasteiger partial charge in [-0.1, -0.05) is 6.92 Å². The Morgan fingerprint density at radius 3 is 2.59 bits per heavy atom. The lowest BCUT2D eigenvalue weighted by atomic mass is 10.1. The maximum absolute atomic E-state index is 11.3. The number of phenolic OH excluding ortho intramolecular Hbond substituents is 1. The third-order valence-corrected chi connectivity index (χ3v) is 2.35. The van der Waals surface area contributed by atoms with Crippen molar-refractivity contribution in [1.29, 1.82) is 0 Å². The van der Waals surface area contributed by atoms with E-state index in [1.54, 1.807) is 31.2 Å². The summed E-state index contributed by atoms with van der Waals surface area (Å²) in [5.74, 6) is 0.532. The molecule has 0 aliphatic rings. The van der Waals surface area contributed by atoms with Crippen molar-refractivity contribution in [2.75, 3.05) is 13.2 Å². The Hall–Kier alpha value is -1.71. The zero-order chi connectivity index (χ0) is 12.7. The van der Waals surface area contributed by atoms with Crippen LogP contribution in [0.4, 0.5) is 0 Å². The predicted octanol–water partition coefficient (Wildman–Crippen LogP) is 2.36. The Bertz CT molecular complexity index is 345. The minimum absolute atomic E-state index is 0.160. The van der Waals surface area contributed by atoms with Gasteiger partial charge in [0, 0.05) is 0 Å². The summed E-state index contributed by atoms with van der Waals surface area (Å²) in [5, 5.41) is 9.09. The second-order valence-corrected chi connectivity index (χ2v) is 3.78. The SMILES string of the molecule is CCOC(=O)C(C)CCOc1ccc(O)cc1. The maximum atomic E-state index is 11.3. The molecule has 0 spiro atoms. The van der Waals surface area contributed by atoms with E-state index in [4.69, 9.17) is 14.6 Å². The fourth-order valence-electron chi connectivity index (χ4n) is 1.30. The molecule has 1 aromatic rings. The van der Waals surface area contributed by atoms with Crippen LogP contribution in [-0.2, 0) is 9.53 Å². The van der Waals surface area contributed by atoms with Gasteiger partial charge in [0.15, 0.2) is 0 Å². The molecule has 0 heterocycles. The topological polar surface area (TPSA) is 55.8 Å². The number of esters is 1. The van der Waals surface area contributed by atoms with Crippen molar-refractivity contribution in [1.82, 2.24) is 0 Å². The molecule has 1 atom stereocenters. The molecule has 94 valence electrons. The van der Waals surface area contributed by atoms with Gasteiger partial charge in [0.05, 0.1) is 19.1 Å². The molecule has 0 fully saturated rings. The molecule has 17 heavy (non-hydrogen) atoms. The quantitative estimate of drug-likeness (QED) is 0.773. The molecule has 4 heteroatoms. The van der Waals surface area contributed by atoms with E-state index < -0.39 is 0 Å². The number of hydrogen-bond donors (Lipinski definition) is 1. The van der Waals surface area contributed by atoms with Crippen LogP contribution in [-0.4, -0.2) is 24.3 Å². The van der Waals surface area contributed by atoms with Gasteiger partial charge in [0.2, 0.25) is 0 Å². The van der Waals surface area contributed by atoms with E-state index in [2.05, 4.69) is 0 Å². The van der Waals surface area contributed by atoms with Crippen LogP contribution in [0.2, 0.25) is 0 Å². The normalized spacial score (nSPS) is 11.9. The molecule has 0 amide bonds. The number of phenols is 1. The first kappa shape index (κ1) is 13.4. The third-order valence-electron chi connectivity index (χ3n) is 2.35. The molecule has 0 aromatic heterocycles. The average Bonchev–Trinajstić information content (AvgIpc) is 2.32. The highest BCUT2D eigenvalue weighted by molar-refractivity contribution is 5.71. The van der Waals surface area contributed by atoms with Gasteiger partial charge in [-0.15, -0.1) is 0 Å². The highest BCUT2D eigenvalue weighted by atomic mass is 16.5. The Morgan fingerprint density at radius 1 is 1.35 bits per heavy atom. The van der Waals surface area contributed by atoms with Gasteiger partial charge >= 0.3 is 5.97 Å². The van der Waals surface area contributed by atoms with Crippen LogP contribution in [0.15, 0.2) is 24.3 Å². The molecule has 4 nitrogen and oxygen atoms in total. The molecule has 1 N–H and O–H groups in total. The summed E-state index contributed by atoms with van der Waals surface area (Å²) in [6.45, 7) is 4.46. The summed E-state index contributed by atoms with van der Waals surface area (Å²) >= 11 is 0. The lowest BCUT2D eigenvalue weighted by Crippen LogP contribution is -2.17. The smallest absolute Gasteiger partial charge is 0.308 e. The fourth-order valence-corrected chi connectivity index (χ4v) is 1.30. The molecular formula is C13H18O4. The van der Waals surface area contributed by atoms with Crippen LogP contribution in [0.5, 0.6) is 11.5 Å². The fraction of sp³-hybridized carbons (Fsp3) is 0.462. The number of hydrogen-bond acceptors (Lipinski definition) is 4. The summed E-state index contributed by atoms with van der Waals surface area (Å²) in [6.07, 6.45) is 0.611. The first-order valence-electron chi connectivity index (χ1n) is 5.72. The first-order chi connectivity index (χ1) is 8.13. The zero-order valence-electron chi connectivity index (χ0n) is 10.2. The molecule has 1 unspecified atom stereocenters.